The summed E-state index contributed by atoms with van der Waals surface area (Å²) in [4.78, 5) is 0. The number of ether oxygens (including phenoxy) is 1. The lowest BCUT2D eigenvalue weighted by Gasteiger charge is -2.31. The molecule has 2 rings (SSSR count). The number of methoxy groups -OCH3 is 1. The molecule has 1 aliphatic carbocycles. The second-order valence-corrected chi connectivity index (χ2v) is 5.87. The minimum absolute atomic E-state index is 0.0191. The Morgan fingerprint density at radius 2 is 2.00 bits per heavy atom. The summed E-state index contributed by atoms with van der Waals surface area (Å²) in [6.07, 6.45) is 6.24. The summed E-state index contributed by atoms with van der Waals surface area (Å²) in [5.74, 6) is 1.32. The lowest BCUT2D eigenvalue weighted by molar-refractivity contribution is 0.270. The average molecular weight is 279 g/mol. The van der Waals surface area contributed by atoms with E-state index < -0.39 is 0 Å². The van der Waals surface area contributed by atoms with Crippen LogP contribution in [0.3, 0.4) is 0 Å². The summed E-state index contributed by atoms with van der Waals surface area (Å²) in [7, 11) is 1.59. The van der Waals surface area contributed by atoms with Crippen LogP contribution in [0.1, 0.15) is 57.6 Å². The van der Waals surface area contributed by atoms with Gasteiger partial charge in [-0.25, -0.2) is 4.39 Å². The minimum atomic E-state index is -0.188. The van der Waals surface area contributed by atoms with Gasteiger partial charge in [-0.3, -0.25) is 0 Å². The van der Waals surface area contributed by atoms with E-state index in [1.165, 1.54) is 38.2 Å². The van der Waals surface area contributed by atoms with E-state index in [-0.39, 0.29) is 11.9 Å². The third kappa shape index (κ3) is 3.51. The predicted octanol–water partition coefficient (Wildman–Crippen LogP) is 4.45. The lowest BCUT2D eigenvalue weighted by Crippen LogP contribution is -2.35. The molecule has 2 nitrogen and oxygen atoms in total. The number of benzene rings is 1. The van der Waals surface area contributed by atoms with Crippen LogP contribution in [0, 0.1) is 11.7 Å². The van der Waals surface area contributed by atoms with Gasteiger partial charge in [-0.1, -0.05) is 19.4 Å². The molecule has 0 radical (unpaired) electrons. The molecule has 0 aliphatic heterocycles. The fourth-order valence-corrected chi connectivity index (χ4v) is 3.29. The first kappa shape index (κ1) is 15.3. The molecule has 1 N–H and O–H groups in total. The van der Waals surface area contributed by atoms with Crippen molar-refractivity contribution in [2.24, 2.45) is 5.92 Å². The van der Waals surface area contributed by atoms with Crippen LogP contribution < -0.4 is 10.1 Å². The van der Waals surface area contributed by atoms with E-state index in [1.54, 1.807) is 13.2 Å². The van der Waals surface area contributed by atoms with Crippen LogP contribution in [0.2, 0.25) is 0 Å². The van der Waals surface area contributed by atoms with Crippen LogP contribution in [-0.4, -0.2) is 13.2 Å². The van der Waals surface area contributed by atoms with Gasteiger partial charge in [0.25, 0.3) is 0 Å². The van der Waals surface area contributed by atoms with Gasteiger partial charge in [0, 0.05) is 17.6 Å². The Morgan fingerprint density at radius 3 is 2.60 bits per heavy atom. The first-order chi connectivity index (χ1) is 9.65. The summed E-state index contributed by atoms with van der Waals surface area (Å²) in [6.45, 7) is 4.29. The van der Waals surface area contributed by atoms with Gasteiger partial charge in [0.15, 0.2) is 0 Å². The van der Waals surface area contributed by atoms with E-state index in [0.29, 0.717) is 17.4 Å². The van der Waals surface area contributed by atoms with Gasteiger partial charge in [-0.2, -0.15) is 0 Å². The molecule has 1 aliphatic rings. The topological polar surface area (TPSA) is 21.3 Å². The smallest absolute Gasteiger partial charge is 0.131 e. The Hall–Kier alpha value is -1.09. The van der Waals surface area contributed by atoms with Crippen molar-refractivity contribution in [3.8, 4) is 5.75 Å². The van der Waals surface area contributed by atoms with Gasteiger partial charge in [-0.15, -0.1) is 0 Å². The van der Waals surface area contributed by atoms with Gasteiger partial charge < -0.3 is 10.1 Å². The highest BCUT2D eigenvalue weighted by molar-refractivity contribution is 5.37. The third-order valence-electron chi connectivity index (χ3n) is 4.58. The van der Waals surface area contributed by atoms with E-state index in [0.717, 1.165) is 5.92 Å². The minimum Gasteiger partial charge on any atom is -0.496 e. The van der Waals surface area contributed by atoms with Crippen LogP contribution in [-0.2, 0) is 0 Å². The molecule has 3 heteroatoms. The van der Waals surface area contributed by atoms with E-state index in [4.69, 9.17) is 4.74 Å². The zero-order valence-corrected chi connectivity index (χ0v) is 12.8. The average Bonchev–Trinajstić information content (AvgIpc) is 2.47. The molecule has 0 bridgehead atoms. The Morgan fingerprint density at radius 1 is 1.30 bits per heavy atom. The summed E-state index contributed by atoms with van der Waals surface area (Å²) >= 11 is 0. The molecule has 1 aromatic rings. The Kier molecular flexibility index (Phi) is 5.41. The monoisotopic (exact) mass is 279 g/mol. The van der Waals surface area contributed by atoms with Crippen LogP contribution in [0.4, 0.5) is 4.39 Å². The first-order valence-electron chi connectivity index (χ1n) is 7.74. The number of rotatable bonds is 5. The first-order valence-corrected chi connectivity index (χ1v) is 7.74. The molecule has 1 unspecified atom stereocenters. The number of halogens is 1. The Labute approximate surface area is 121 Å². The van der Waals surface area contributed by atoms with Crippen LogP contribution in [0.5, 0.6) is 5.75 Å². The van der Waals surface area contributed by atoms with Crippen molar-refractivity contribution in [2.75, 3.05) is 7.11 Å². The molecule has 1 atom stereocenters. The van der Waals surface area contributed by atoms with Gasteiger partial charge in [0.05, 0.1) is 7.11 Å². The molecule has 1 aromatic carbocycles. The predicted molar refractivity (Wildman–Crippen MR) is 80.5 cm³/mol. The van der Waals surface area contributed by atoms with Crippen molar-refractivity contribution in [1.82, 2.24) is 5.32 Å². The zero-order chi connectivity index (χ0) is 14.5. The number of nitrogens with one attached hydrogen (secondary N) is 1. The lowest BCUT2D eigenvalue weighted by atomic mass is 9.84. The second-order valence-electron chi connectivity index (χ2n) is 5.87. The standard InChI is InChI=1S/C17H26FNO/c1-4-13-8-10-14(11-9-13)19-12(2)17-15(18)6-5-7-16(17)20-3/h5-7,12-14,19H,4,8-11H2,1-3H3. The SMILES string of the molecule is CCC1CCC(NC(C)c2c(F)cccc2OC)CC1. The fourth-order valence-electron chi connectivity index (χ4n) is 3.29. The molecule has 0 saturated heterocycles. The van der Waals surface area contributed by atoms with Crippen molar-refractivity contribution in [3.05, 3.63) is 29.6 Å². The number of hydrogen-bond donors (Lipinski definition) is 1. The molecule has 0 amide bonds. The van der Waals surface area contributed by atoms with Crippen molar-refractivity contribution in [1.29, 1.82) is 0 Å². The quantitative estimate of drug-likeness (QED) is 0.859. The maximum Gasteiger partial charge on any atom is 0.131 e. The van der Waals surface area contributed by atoms with E-state index in [2.05, 4.69) is 12.2 Å². The maximum atomic E-state index is 14.0. The van der Waals surface area contributed by atoms with Gasteiger partial charge in [0.2, 0.25) is 0 Å². The maximum absolute atomic E-state index is 14.0. The summed E-state index contributed by atoms with van der Waals surface area (Å²) in [5.41, 5.74) is 0.646. The molecule has 1 fully saturated rings. The molecule has 0 aromatic heterocycles. The highest BCUT2D eigenvalue weighted by atomic mass is 19.1. The summed E-state index contributed by atoms with van der Waals surface area (Å²) in [5, 5.41) is 3.58. The molecule has 0 spiro atoms. The molecule has 0 heterocycles. The van der Waals surface area contributed by atoms with Crippen molar-refractivity contribution >= 4 is 0 Å². The highest BCUT2D eigenvalue weighted by Crippen LogP contribution is 2.31. The number of hydrogen-bond acceptors (Lipinski definition) is 2. The van der Waals surface area contributed by atoms with Gasteiger partial charge >= 0.3 is 0 Å². The molecule has 20 heavy (non-hydrogen) atoms. The molecular weight excluding hydrogens is 253 g/mol. The van der Waals surface area contributed by atoms with Crippen LogP contribution >= 0.6 is 0 Å². The molecule has 1 saturated carbocycles. The van der Waals surface area contributed by atoms with Crippen molar-refractivity contribution < 1.29 is 9.13 Å². The zero-order valence-electron chi connectivity index (χ0n) is 12.8. The van der Waals surface area contributed by atoms with Crippen molar-refractivity contribution in [3.63, 3.8) is 0 Å². The normalized spacial score (nSPS) is 24.4. The van der Waals surface area contributed by atoms with E-state index in [9.17, 15) is 4.39 Å². The summed E-state index contributed by atoms with van der Waals surface area (Å²) in [6, 6.07) is 5.50. The molecule has 112 valence electrons. The van der Waals surface area contributed by atoms with E-state index in [1.807, 2.05) is 13.0 Å². The van der Waals surface area contributed by atoms with Crippen molar-refractivity contribution in [2.45, 2.75) is 58.0 Å². The molecular formula is C17H26FNO. The highest BCUT2D eigenvalue weighted by Gasteiger charge is 2.23. The van der Waals surface area contributed by atoms with E-state index >= 15 is 0 Å². The second kappa shape index (κ2) is 7.07. The Balaban J connectivity index is 2.00. The fraction of sp³-hybridized carbons (Fsp3) is 0.647. The Bertz CT molecular complexity index is 427. The van der Waals surface area contributed by atoms with Gasteiger partial charge in [-0.05, 0) is 50.7 Å². The van der Waals surface area contributed by atoms with Crippen LogP contribution in [0.25, 0.3) is 0 Å². The van der Waals surface area contributed by atoms with Gasteiger partial charge in [0.1, 0.15) is 11.6 Å². The largest absolute Gasteiger partial charge is 0.496 e. The third-order valence-corrected chi connectivity index (χ3v) is 4.58. The van der Waals surface area contributed by atoms with Crippen LogP contribution in [0.15, 0.2) is 18.2 Å². The summed E-state index contributed by atoms with van der Waals surface area (Å²) < 4.78 is 19.3.